The van der Waals surface area contributed by atoms with Crippen LogP contribution in [0.1, 0.15) is 93.1 Å². The number of piperidine rings is 1. The van der Waals surface area contributed by atoms with Crippen molar-refractivity contribution < 1.29 is 23.6 Å². The molecule has 0 bridgehead atoms. The van der Waals surface area contributed by atoms with Crippen LogP contribution in [0.4, 0.5) is 4.79 Å². The first-order valence-electron chi connectivity index (χ1n) is 14.0. The largest absolute Gasteiger partial charge is 0.457 e. The van der Waals surface area contributed by atoms with Crippen LogP contribution in [0.2, 0.25) is 6.32 Å². The second kappa shape index (κ2) is 13.3. The van der Waals surface area contributed by atoms with Crippen molar-refractivity contribution >= 4 is 19.3 Å². The Morgan fingerprint density at radius 1 is 1.05 bits per heavy atom. The molecule has 1 aromatic rings. The second-order valence-corrected chi connectivity index (χ2v) is 13.0. The summed E-state index contributed by atoms with van der Waals surface area (Å²) in [7, 11) is -0.106. The van der Waals surface area contributed by atoms with E-state index in [1.807, 2.05) is 35.2 Å². The van der Waals surface area contributed by atoms with E-state index >= 15 is 0 Å². The number of nitrogens with one attached hydrogen (secondary N) is 1. The first kappa shape index (κ1) is 32.1. The summed E-state index contributed by atoms with van der Waals surface area (Å²) >= 11 is 0. The summed E-state index contributed by atoms with van der Waals surface area (Å²) in [5, 5.41) is 5.40. The zero-order valence-electron chi connectivity index (χ0n) is 24.9. The van der Waals surface area contributed by atoms with Crippen molar-refractivity contribution in [3.05, 3.63) is 35.9 Å². The maximum absolute atomic E-state index is 12.6. The van der Waals surface area contributed by atoms with Crippen LogP contribution in [0.5, 0.6) is 0 Å². The lowest BCUT2D eigenvalue weighted by Crippen LogP contribution is -2.47. The van der Waals surface area contributed by atoms with E-state index in [2.05, 4.69) is 55.4 Å². The second-order valence-electron chi connectivity index (χ2n) is 13.0. The fraction of sp³-hybridized carbons (Fsp3) is 0.733. The van der Waals surface area contributed by atoms with Crippen molar-refractivity contribution in [1.29, 1.82) is 5.41 Å². The molecule has 1 amide bonds. The van der Waals surface area contributed by atoms with Crippen molar-refractivity contribution in [1.82, 2.24) is 4.90 Å². The SMILES string of the molecule is CC(C)(C)C(C)(CCCCB1OC(C)(C)C(C)(C)O1)C1CCN(C(=O)OCc2ccccc2)CC1.N=C=O. The van der Waals surface area contributed by atoms with Crippen molar-refractivity contribution in [2.45, 2.75) is 112 Å². The molecule has 0 spiro atoms. The Morgan fingerprint density at radius 2 is 1.58 bits per heavy atom. The van der Waals surface area contributed by atoms with Crippen LogP contribution < -0.4 is 0 Å². The lowest BCUT2D eigenvalue weighted by atomic mass is 9.56. The molecule has 1 atom stereocenters. The van der Waals surface area contributed by atoms with Crippen LogP contribution >= 0.6 is 0 Å². The number of ether oxygens (including phenoxy) is 1. The molecule has 0 aromatic heterocycles. The lowest BCUT2D eigenvalue weighted by molar-refractivity contribution is -0.0123. The molecule has 2 saturated heterocycles. The Labute approximate surface area is 230 Å². The fourth-order valence-corrected chi connectivity index (χ4v) is 5.59. The van der Waals surface area contributed by atoms with Crippen LogP contribution in [-0.4, -0.2) is 48.5 Å². The highest BCUT2D eigenvalue weighted by Crippen LogP contribution is 2.52. The zero-order valence-corrected chi connectivity index (χ0v) is 24.9. The Balaban J connectivity index is 0.00000161. The molecule has 0 radical (unpaired) electrons. The normalized spacial score (nSPS) is 20.6. The molecule has 7 nitrogen and oxygen atoms in total. The fourth-order valence-electron chi connectivity index (χ4n) is 5.59. The monoisotopic (exact) mass is 528 g/mol. The number of likely N-dealkylation sites (tertiary alicyclic amines) is 1. The molecule has 212 valence electrons. The predicted octanol–water partition coefficient (Wildman–Crippen LogP) is 7.25. The van der Waals surface area contributed by atoms with Gasteiger partial charge in [0.15, 0.2) is 0 Å². The molecule has 2 aliphatic heterocycles. The van der Waals surface area contributed by atoms with Gasteiger partial charge in [0, 0.05) is 13.1 Å². The van der Waals surface area contributed by atoms with Gasteiger partial charge in [-0.1, -0.05) is 70.9 Å². The summed E-state index contributed by atoms with van der Waals surface area (Å²) < 4.78 is 18.0. The van der Waals surface area contributed by atoms with Gasteiger partial charge >= 0.3 is 13.2 Å². The average molecular weight is 529 g/mol. The van der Waals surface area contributed by atoms with Crippen LogP contribution in [0.25, 0.3) is 0 Å². The van der Waals surface area contributed by atoms with Gasteiger partial charge in [-0.3, -0.25) is 0 Å². The van der Waals surface area contributed by atoms with Gasteiger partial charge in [0.2, 0.25) is 6.08 Å². The van der Waals surface area contributed by atoms with Crippen LogP contribution in [0, 0.1) is 22.2 Å². The van der Waals surface area contributed by atoms with Crippen LogP contribution in [0.15, 0.2) is 30.3 Å². The minimum absolute atomic E-state index is 0.106. The highest BCUT2D eigenvalue weighted by molar-refractivity contribution is 6.45. The lowest BCUT2D eigenvalue weighted by Gasteiger charge is -2.50. The van der Waals surface area contributed by atoms with E-state index in [1.54, 1.807) is 0 Å². The van der Waals surface area contributed by atoms with Gasteiger partial charge in [-0.2, -0.15) is 0 Å². The number of hydrogen-bond donors (Lipinski definition) is 1. The van der Waals surface area contributed by atoms with Gasteiger partial charge in [-0.25, -0.2) is 15.0 Å². The summed E-state index contributed by atoms with van der Waals surface area (Å²) in [6.45, 7) is 20.0. The molecule has 2 fully saturated rings. The number of carbonyl (C=O) groups is 1. The highest BCUT2D eigenvalue weighted by Gasteiger charge is 2.50. The number of benzene rings is 1. The summed E-state index contributed by atoms with van der Waals surface area (Å²) in [5.74, 6) is 0.595. The Hall–Kier alpha value is -2.15. The first-order chi connectivity index (χ1) is 17.7. The van der Waals surface area contributed by atoms with E-state index in [9.17, 15) is 4.79 Å². The average Bonchev–Trinajstić information content (AvgIpc) is 3.06. The van der Waals surface area contributed by atoms with E-state index in [1.165, 1.54) is 6.42 Å². The quantitative estimate of drug-likeness (QED) is 0.166. The molecule has 2 heterocycles. The topological polar surface area (TPSA) is 88.9 Å². The molecule has 0 aliphatic carbocycles. The summed E-state index contributed by atoms with van der Waals surface area (Å²) in [6.07, 6.45) is 7.02. The van der Waals surface area contributed by atoms with Crippen molar-refractivity contribution in [2.75, 3.05) is 13.1 Å². The van der Waals surface area contributed by atoms with Gasteiger partial charge in [0.25, 0.3) is 0 Å². The predicted molar refractivity (Wildman–Crippen MR) is 152 cm³/mol. The molecular formula is C30H49BN2O5. The molecule has 8 heteroatoms. The maximum atomic E-state index is 12.6. The summed E-state index contributed by atoms with van der Waals surface area (Å²) in [5.41, 5.74) is 0.916. The van der Waals surface area contributed by atoms with Gasteiger partial charge in [0.1, 0.15) is 6.61 Å². The van der Waals surface area contributed by atoms with E-state index in [0.717, 1.165) is 56.7 Å². The van der Waals surface area contributed by atoms with Crippen LogP contribution in [-0.2, 0) is 25.4 Å². The third-order valence-corrected chi connectivity index (χ3v) is 9.26. The number of nitrogens with zero attached hydrogens (tertiary/aromatic N) is 1. The Kier molecular flexibility index (Phi) is 11.2. The zero-order chi connectivity index (χ0) is 28.6. The van der Waals surface area contributed by atoms with Gasteiger partial charge in [-0.15, -0.1) is 0 Å². The van der Waals surface area contributed by atoms with E-state index in [0.29, 0.717) is 12.5 Å². The van der Waals surface area contributed by atoms with E-state index < -0.39 is 0 Å². The minimum atomic E-state index is -0.256. The van der Waals surface area contributed by atoms with E-state index in [4.69, 9.17) is 24.2 Å². The van der Waals surface area contributed by atoms with Crippen LogP contribution in [0.3, 0.4) is 0 Å². The highest BCUT2D eigenvalue weighted by atomic mass is 16.7. The molecule has 38 heavy (non-hydrogen) atoms. The Bertz CT molecular complexity index is 900. The van der Waals surface area contributed by atoms with Crippen molar-refractivity contribution in [3.8, 4) is 0 Å². The van der Waals surface area contributed by atoms with Crippen molar-refractivity contribution in [2.24, 2.45) is 16.7 Å². The third kappa shape index (κ3) is 8.18. The van der Waals surface area contributed by atoms with Gasteiger partial charge < -0.3 is 18.9 Å². The molecule has 0 saturated carbocycles. The smallest absolute Gasteiger partial charge is 0.445 e. The van der Waals surface area contributed by atoms with Gasteiger partial charge in [0.05, 0.1) is 11.2 Å². The standard InChI is InChI=1S/C29H48BNO4.CHNO/c1-26(2,3)29(8,18-12-13-19-30-34-27(4,5)28(6,7)35-30)24-16-20-31(21-17-24)25(32)33-22-23-14-10-9-11-15-23;2-1-3/h9-11,14-15,24H,12-13,16-22H2,1-8H3;2H. The summed E-state index contributed by atoms with van der Waals surface area (Å²) in [4.78, 5) is 22.9. The maximum Gasteiger partial charge on any atom is 0.457 e. The van der Waals surface area contributed by atoms with Gasteiger partial charge in [-0.05, 0) is 75.6 Å². The number of rotatable bonds is 8. The molecule has 3 rings (SSSR count). The Morgan fingerprint density at radius 3 is 2.08 bits per heavy atom. The number of hydrogen-bond acceptors (Lipinski definition) is 6. The molecule has 2 aliphatic rings. The number of unbranched alkanes of at least 4 members (excludes halogenated alkanes) is 1. The number of amides is 1. The summed E-state index contributed by atoms with van der Waals surface area (Å²) in [6, 6.07) is 9.89. The molecule has 1 N–H and O–H groups in total. The number of isocyanates is 1. The molecule has 1 aromatic carbocycles. The first-order valence-corrected chi connectivity index (χ1v) is 14.0. The minimum Gasteiger partial charge on any atom is -0.445 e. The number of carbonyl (C=O) groups excluding carboxylic acids is 2. The third-order valence-electron chi connectivity index (χ3n) is 9.26. The molecular weight excluding hydrogens is 479 g/mol. The van der Waals surface area contributed by atoms with Crippen molar-refractivity contribution in [3.63, 3.8) is 0 Å². The molecule has 1 unspecified atom stereocenters. The van der Waals surface area contributed by atoms with E-state index in [-0.39, 0.29) is 35.2 Å².